The number of nitrogens with zero attached hydrogens (tertiary/aromatic N) is 6. The third kappa shape index (κ3) is 2.54. The van der Waals surface area contributed by atoms with Gasteiger partial charge in [0.25, 0.3) is 5.91 Å². The lowest BCUT2D eigenvalue weighted by Gasteiger charge is -2.33. The Hall–Kier alpha value is -3.07. The SMILES string of the molecule is Cc1nnc(C(=O)N2CCc3[nH]cnc3[C@H]2c2cc3c(C)cccn3n2)s1. The fourth-order valence-electron chi connectivity index (χ4n) is 3.61. The van der Waals surface area contributed by atoms with Crippen LogP contribution in [0.5, 0.6) is 0 Å². The lowest BCUT2D eigenvalue weighted by Crippen LogP contribution is -2.41. The topological polar surface area (TPSA) is 92.1 Å². The first kappa shape index (κ1) is 16.1. The maximum atomic E-state index is 13.2. The molecule has 1 amide bonds. The van der Waals surface area contributed by atoms with Gasteiger partial charge >= 0.3 is 0 Å². The van der Waals surface area contributed by atoms with E-state index in [1.807, 2.05) is 29.8 Å². The van der Waals surface area contributed by atoms with E-state index in [0.29, 0.717) is 11.6 Å². The number of hydrogen-bond acceptors (Lipinski definition) is 6. The molecule has 1 aliphatic rings. The van der Waals surface area contributed by atoms with Gasteiger partial charge in [0.1, 0.15) is 11.0 Å². The molecule has 0 aliphatic carbocycles. The molecule has 0 fully saturated rings. The Morgan fingerprint density at radius 1 is 1.33 bits per heavy atom. The van der Waals surface area contributed by atoms with E-state index in [4.69, 9.17) is 5.10 Å². The zero-order valence-corrected chi connectivity index (χ0v) is 15.7. The van der Waals surface area contributed by atoms with Gasteiger partial charge in [-0.05, 0) is 31.5 Å². The molecule has 1 N–H and O–H groups in total. The molecule has 0 aromatic carbocycles. The Kier molecular flexibility index (Phi) is 3.57. The van der Waals surface area contributed by atoms with Gasteiger partial charge in [-0.2, -0.15) is 5.10 Å². The van der Waals surface area contributed by atoms with E-state index in [2.05, 4.69) is 33.2 Å². The number of carbonyl (C=O) groups excluding carboxylic acids is 1. The van der Waals surface area contributed by atoms with Gasteiger partial charge in [-0.15, -0.1) is 10.2 Å². The number of imidazole rings is 1. The summed E-state index contributed by atoms with van der Waals surface area (Å²) in [7, 11) is 0. The van der Waals surface area contributed by atoms with Crippen molar-refractivity contribution in [1.29, 1.82) is 0 Å². The molecule has 0 bridgehead atoms. The summed E-state index contributed by atoms with van der Waals surface area (Å²) in [6, 6.07) is 5.70. The molecule has 8 nitrogen and oxygen atoms in total. The first-order chi connectivity index (χ1) is 13.1. The van der Waals surface area contributed by atoms with Crippen molar-refractivity contribution in [3.63, 3.8) is 0 Å². The monoisotopic (exact) mass is 379 g/mol. The van der Waals surface area contributed by atoms with Crippen molar-refractivity contribution < 1.29 is 4.79 Å². The molecule has 9 heteroatoms. The van der Waals surface area contributed by atoms with Crippen molar-refractivity contribution in [3.8, 4) is 0 Å². The maximum absolute atomic E-state index is 13.2. The van der Waals surface area contributed by atoms with E-state index >= 15 is 0 Å². The highest BCUT2D eigenvalue weighted by atomic mass is 32.1. The highest BCUT2D eigenvalue weighted by Gasteiger charge is 2.37. The molecule has 4 aromatic rings. The summed E-state index contributed by atoms with van der Waals surface area (Å²) >= 11 is 1.31. The standard InChI is InChI=1S/C18H17N7OS/c1-10-4-3-6-25-14(10)8-13(23-25)16-15-12(19-9-20-15)5-7-24(16)18(26)17-22-21-11(2)27-17/h3-4,6,8-9,16H,5,7H2,1-2H3,(H,19,20)/t16-/m1/s1. The van der Waals surface area contributed by atoms with Gasteiger partial charge in [-0.3, -0.25) is 4.79 Å². The third-order valence-electron chi connectivity index (χ3n) is 4.91. The quantitative estimate of drug-likeness (QED) is 0.577. The lowest BCUT2D eigenvalue weighted by atomic mass is 9.99. The van der Waals surface area contributed by atoms with Crippen LogP contribution in [0.15, 0.2) is 30.7 Å². The van der Waals surface area contributed by atoms with E-state index in [0.717, 1.165) is 39.6 Å². The van der Waals surface area contributed by atoms with Crippen molar-refractivity contribution in [1.82, 2.24) is 34.7 Å². The van der Waals surface area contributed by atoms with Gasteiger partial charge in [0.2, 0.25) is 5.01 Å². The average Bonchev–Trinajstić information content (AvgIpc) is 3.39. The summed E-state index contributed by atoms with van der Waals surface area (Å²) in [6.07, 6.45) is 4.32. The minimum absolute atomic E-state index is 0.131. The molecule has 0 saturated carbocycles. The van der Waals surface area contributed by atoms with Crippen molar-refractivity contribution >= 4 is 22.8 Å². The Morgan fingerprint density at radius 3 is 3.00 bits per heavy atom. The van der Waals surface area contributed by atoms with Crippen LogP contribution >= 0.6 is 11.3 Å². The van der Waals surface area contributed by atoms with Crippen molar-refractivity contribution in [2.75, 3.05) is 6.54 Å². The Morgan fingerprint density at radius 2 is 2.22 bits per heavy atom. The number of amides is 1. The fraction of sp³-hybridized carbons (Fsp3) is 0.278. The van der Waals surface area contributed by atoms with Crippen LogP contribution in [-0.2, 0) is 6.42 Å². The van der Waals surface area contributed by atoms with Crippen LogP contribution in [0.3, 0.4) is 0 Å². The van der Waals surface area contributed by atoms with E-state index in [1.165, 1.54) is 11.3 Å². The lowest BCUT2D eigenvalue weighted by molar-refractivity contribution is 0.0685. The molecule has 1 atom stereocenters. The number of hydrogen-bond donors (Lipinski definition) is 1. The smallest absolute Gasteiger partial charge is 0.285 e. The van der Waals surface area contributed by atoms with Crippen LogP contribution in [-0.4, -0.2) is 47.1 Å². The van der Waals surface area contributed by atoms with Crippen LogP contribution in [0.2, 0.25) is 0 Å². The number of aromatic amines is 1. The number of carbonyl (C=O) groups is 1. The van der Waals surface area contributed by atoms with Gasteiger partial charge in [0, 0.05) is 24.9 Å². The maximum Gasteiger partial charge on any atom is 0.285 e. The molecule has 0 unspecified atom stereocenters. The van der Waals surface area contributed by atoms with Gasteiger partial charge in [0.05, 0.1) is 23.2 Å². The number of fused-ring (bicyclic) bond motifs is 2. The predicted molar refractivity (Wildman–Crippen MR) is 99.7 cm³/mol. The summed E-state index contributed by atoms with van der Waals surface area (Å²) in [4.78, 5) is 22.7. The summed E-state index contributed by atoms with van der Waals surface area (Å²) < 4.78 is 1.85. The van der Waals surface area contributed by atoms with Gasteiger partial charge in [0.15, 0.2) is 0 Å². The van der Waals surface area contributed by atoms with Crippen LogP contribution < -0.4 is 0 Å². The second-order valence-electron chi connectivity index (χ2n) is 6.63. The number of nitrogens with one attached hydrogen (secondary N) is 1. The number of aryl methyl sites for hydroxylation is 2. The molecule has 1 aliphatic heterocycles. The largest absolute Gasteiger partial charge is 0.348 e. The molecular weight excluding hydrogens is 362 g/mol. The minimum atomic E-state index is -0.351. The Bertz CT molecular complexity index is 1160. The van der Waals surface area contributed by atoms with Crippen LogP contribution in [0, 0.1) is 13.8 Å². The van der Waals surface area contributed by atoms with Gasteiger partial charge < -0.3 is 9.88 Å². The molecular formula is C18H17N7OS. The van der Waals surface area contributed by atoms with E-state index in [1.54, 1.807) is 11.2 Å². The number of aromatic nitrogens is 6. The van der Waals surface area contributed by atoms with Crippen LogP contribution in [0.1, 0.15) is 43.5 Å². The third-order valence-corrected chi connectivity index (χ3v) is 5.73. The molecule has 136 valence electrons. The minimum Gasteiger partial charge on any atom is -0.348 e. The second-order valence-corrected chi connectivity index (χ2v) is 7.82. The average molecular weight is 379 g/mol. The summed E-state index contributed by atoms with van der Waals surface area (Å²) in [5.74, 6) is -0.131. The van der Waals surface area contributed by atoms with Crippen molar-refractivity contribution in [2.24, 2.45) is 0 Å². The summed E-state index contributed by atoms with van der Waals surface area (Å²) in [5, 5.41) is 14.0. The van der Waals surface area contributed by atoms with Crippen LogP contribution in [0.4, 0.5) is 0 Å². The highest BCUT2D eigenvalue weighted by molar-refractivity contribution is 7.13. The summed E-state index contributed by atoms with van der Waals surface area (Å²) in [5.41, 5.74) is 4.84. The molecule has 0 radical (unpaired) electrons. The summed E-state index contributed by atoms with van der Waals surface area (Å²) in [6.45, 7) is 4.47. The van der Waals surface area contributed by atoms with Gasteiger partial charge in [-0.1, -0.05) is 17.4 Å². The molecule has 4 aromatic heterocycles. The van der Waals surface area contributed by atoms with Crippen molar-refractivity contribution in [3.05, 3.63) is 63.4 Å². The number of H-pyrrole nitrogens is 1. The Balaban J connectivity index is 1.64. The molecule has 5 rings (SSSR count). The molecule has 5 heterocycles. The predicted octanol–water partition coefficient (Wildman–Crippen LogP) is 2.31. The first-order valence-corrected chi connectivity index (χ1v) is 9.51. The van der Waals surface area contributed by atoms with Gasteiger partial charge in [-0.25, -0.2) is 9.50 Å². The van der Waals surface area contributed by atoms with Crippen LogP contribution in [0.25, 0.3) is 5.52 Å². The second kappa shape index (κ2) is 5.98. The van der Waals surface area contributed by atoms with E-state index in [9.17, 15) is 4.79 Å². The Labute approximate surface area is 158 Å². The van der Waals surface area contributed by atoms with E-state index in [-0.39, 0.29) is 11.9 Å². The van der Waals surface area contributed by atoms with Crippen molar-refractivity contribution in [2.45, 2.75) is 26.3 Å². The molecule has 27 heavy (non-hydrogen) atoms. The number of pyridine rings is 1. The first-order valence-electron chi connectivity index (χ1n) is 8.70. The molecule has 0 saturated heterocycles. The number of rotatable bonds is 2. The zero-order valence-electron chi connectivity index (χ0n) is 14.9. The van der Waals surface area contributed by atoms with E-state index < -0.39 is 0 Å². The highest BCUT2D eigenvalue weighted by Crippen LogP contribution is 2.34. The normalized spacial score (nSPS) is 16.7. The fourth-order valence-corrected chi connectivity index (χ4v) is 4.26. The molecule has 0 spiro atoms. The zero-order chi connectivity index (χ0) is 18.5.